The van der Waals surface area contributed by atoms with Crippen molar-refractivity contribution in [2.24, 2.45) is 0 Å². The SMILES string of the molecule is CCCOc1cc(Br)ccc1C#N. The predicted molar refractivity (Wildman–Crippen MR) is 54.6 cm³/mol. The molecule has 0 spiro atoms. The van der Waals surface area contributed by atoms with E-state index in [1.165, 1.54) is 0 Å². The number of benzene rings is 1. The zero-order valence-corrected chi connectivity index (χ0v) is 8.97. The van der Waals surface area contributed by atoms with Gasteiger partial charge in [0, 0.05) is 4.47 Å². The Morgan fingerprint density at radius 1 is 1.54 bits per heavy atom. The molecular weight excluding hydrogens is 230 g/mol. The molecule has 0 atom stereocenters. The highest BCUT2D eigenvalue weighted by Crippen LogP contribution is 2.22. The van der Waals surface area contributed by atoms with Crippen molar-refractivity contribution in [3.63, 3.8) is 0 Å². The Morgan fingerprint density at radius 3 is 2.92 bits per heavy atom. The van der Waals surface area contributed by atoms with Crippen LogP contribution < -0.4 is 4.74 Å². The molecule has 0 fully saturated rings. The minimum Gasteiger partial charge on any atom is -0.492 e. The second kappa shape index (κ2) is 4.88. The number of nitriles is 1. The van der Waals surface area contributed by atoms with Crippen molar-refractivity contribution in [2.75, 3.05) is 6.61 Å². The van der Waals surface area contributed by atoms with Crippen LogP contribution in [0.1, 0.15) is 18.9 Å². The van der Waals surface area contributed by atoms with E-state index in [4.69, 9.17) is 10.00 Å². The van der Waals surface area contributed by atoms with Crippen molar-refractivity contribution in [2.45, 2.75) is 13.3 Å². The van der Waals surface area contributed by atoms with E-state index in [9.17, 15) is 0 Å². The molecule has 0 aliphatic carbocycles. The maximum absolute atomic E-state index is 8.76. The van der Waals surface area contributed by atoms with Gasteiger partial charge in [-0.25, -0.2) is 0 Å². The molecule has 1 aromatic rings. The Bertz CT molecular complexity index is 330. The van der Waals surface area contributed by atoms with Gasteiger partial charge >= 0.3 is 0 Å². The minimum atomic E-state index is 0.580. The summed E-state index contributed by atoms with van der Waals surface area (Å²) in [6.45, 7) is 2.68. The molecule has 0 aliphatic heterocycles. The molecule has 0 aromatic heterocycles. The lowest BCUT2D eigenvalue weighted by Gasteiger charge is -2.06. The summed E-state index contributed by atoms with van der Waals surface area (Å²) in [6, 6.07) is 7.48. The maximum Gasteiger partial charge on any atom is 0.138 e. The summed E-state index contributed by atoms with van der Waals surface area (Å²) in [5.41, 5.74) is 0.580. The normalized spacial score (nSPS) is 9.31. The molecule has 1 rings (SSSR count). The Balaban J connectivity index is 2.89. The summed E-state index contributed by atoms with van der Waals surface area (Å²) in [4.78, 5) is 0. The van der Waals surface area contributed by atoms with E-state index in [-0.39, 0.29) is 0 Å². The smallest absolute Gasteiger partial charge is 0.138 e. The van der Waals surface area contributed by atoms with Gasteiger partial charge in [0.1, 0.15) is 11.8 Å². The van der Waals surface area contributed by atoms with Crippen molar-refractivity contribution in [3.05, 3.63) is 28.2 Å². The molecule has 68 valence electrons. The first-order valence-electron chi connectivity index (χ1n) is 4.10. The third-order valence-electron chi connectivity index (χ3n) is 1.53. The average molecular weight is 240 g/mol. The van der Waals surface area contributed by atoms with Crippen LogP contribution in [-0.4, -0.2) is 6.61 Å². The van der Waals surface area contributed by atoms with Crippen LogP contribution in [-0.2, 0) is 0 Å². The number of hydrogen-bond acceptors (Lipinski definition) is 2. The van der Waals surface area contributed by atoms with Crippen LogP contribution in [0.25, 0.3) is 0 Å². The topological polar surface area (TPSA) is 33.0 Å². The van der Waals surface area contributed by atoms with Crippen LogP contribution in [0.4, 0.5) is 0 Å². The molecule has 3 heteroatoms. The molecule has 0 bridgehead atoms. The van der Waals surface area contributed by atoms with Crippen LogP contribution in [0.15, 0.2) is 22.7 Å². The molecule has 0 saturated heterocycles. The Hall–Kier alpha value is -1.01. The monoisotopic (exact) mass is 239 g/mol. The minimum absolute atomic E-state index is 0.580. The van der Waals surface area contributed by atoms with E-state index in [1.807, 2.05) is 19.1 Å². The summed E-state index contributed by atoms with van der Waals surface area (Å²) in [7, 11) is 0. The Morgan fingerprint density at radius 2 is 2.31 bits per heavy atom. The lowest BCUT2D eigenvalue weighted by atomic mass is 10.2. The summed E-state index contributed by atoms with van der Waals surface area (Å²) < 4.78 is 6.33. The van der Waals surface area contributed by atoms with Gasteiger partial charge in [-0.3, -0.25) is 0 Å². The third-order valence-corrected chi connectivity index (χ3v) is 2.02. The van der Waals surface area contributed by atoms with Gasteiger partial charge in [-0.2, -0.15) is 5.26 Å². The third kappa shape index (κ3) is 2.74. The van der Waals surface area contributed by atoms with Crippen molar-refractivity contribution < 1.29 is 4.74 Å². The van der Waals surface area contributed by atoms with Crippen molar-refractivity contribution >= 4 is 15.9 Å². The molecule has 0 saturated carbocycles. The fourth-order valence-corrected chi connectivity index (χ4v) is 1.26. The van der Waals surface area contributed by atoms with Gasteiger partial charge in [0.15, 0.2) is 0 Å². The van der Waals surface area contributed by atoms with E-state index in [2.05, 4.69) is 22.0 Å². The van der Waals surface area contributed by atoms with Crippen LogP contribution in [0.2, 0.25) is 0 Å². The average Bonchev–Trinajstić information content (AvgIpc) is 2.15. The molecule has 0 N–H and O–H groups in total. The first-order chi connectivity index (χ1) is 6.27. The van der Waals surface area contributed by atoms with E-state index in [0.717, 1.165) is 10.9 Å². The highest BCUT2D eigenvalue weighted by atomic mass is 79.9. The predicted octanol–water partition coefficient (Wildman–Crippen LogP) is 3.11. The van der Waals surface area contributed by atoms with Crippen LogP contribution >= 0.6 is 15.9 Å². The lowest BCUT2D eigenvalue weighted by molar-refractivity contribution is 0.316. The van der Waals surface area contributed by atoms with Gasteiger partial charge in [0.05, 0.1) is 12.2 Å². The van der Waals surface area contributed by atoms with Crippen molar-refractivity contribution in [1.29, 1.82) is 5.26 Å². The lowest BCUT2D eigenvalue weighted by Crippen LogP contribution is -1.96. The molecule has 0 amide bonds. The fraction of sp³-hybridized carbons (Fsp3) is 0.300. The van der Waals surface area contributed by atoms with E-state index in [0.29, 0.717) is 17.9 Å². The van der Waals surface area contributed by atoms with Gasteiger partial charge in [-0.1, -0.05) is 22.9 Å². The van der Waals surface area contributed by atoms with E-state index < -0.39 is 0 Å². The fourth-order valence-electron chi connectivity index (χ4n) is 0.920. The molecule has 1 aromatic carbocycles. The standard InChI is InChI=1S/C10H10BrNO/c1-2-5-13-10-6-9(11)4-3-8(10)7-12/h3-4,6H,2,5H2,1H3. The second-order valence-corrected chi connectivity index (χ2v) is 3.52. The zero-order chi connectivity index (χ0) is 9.68. The first-order valence-corrected chi connectivity index (χ1v) is 4.89. The van der Waals surface area contributed by atoms with Gasteiger partial charge in [0.2, 0.25) is 0 Å². The summed E-state index contributed by atoms with van der Waals surface area (Å²) in [5, 5.41) is 8.76. The number of hydrogen-bond donors (Lipinski definition) is 0. The Labute approximate surface area is 86.3 Å². The molecule has 0 radical (unpaired) electrons. The summed E-state index contributed by atoms with van der Waals surface area (Å²) in [6.07, 6.45) is 0.942. The van der Waals surface area contributed by atoms with Gasteiger partial charge in [-0.15, -0.1) is 0 Å². The van der Waals surface area contributed by atoms with Crippen molar-refractivity contribution in [1.82, 2.24) is 0 Å². The number of ether oxygens (including phenoxy) is 1. The highest BCUT2D eigenvalue weighted by Gasteiger charge is 2.02. The highest BCUT2D eigenvalue weighted by molar-refractivity contribution is 9.10. The molecule has 0 heterocycles. The van der Waals surface area contributed by atoms with E-state index in [1.54, 1.807) is 6.07 Å². The summed E-state index contributed by atoms with van der Waals surface area (Å²) >= 11 is 3.33. The number of rotatable bonds is 3. The molecular formula is C10H10BrNO. The van der Waals surface area contributed by atoms with Gasteiger partial charge in [-0.05, 0) is 24.6 Å². The molecule has 0 aliphatic rings. The largest absolute Gasteiger partial charge is 0.492 e. The van der Waals surface area contributed by atoms with Crippen molar-refractivity contribution in [3.8, 4) is 11.8 Å². The number of halogens is 1. The molecule has 13 heavy (non-hydrogen) atoms. The van der Waals surface area contributed by atoms with Crippen LogP contribution in [0.5, 0.6) is 5.75 Å². The maximum atomic E-state index is 8.76. The zero-order valence-electron chi connectivity index (χ0n) is 7.38. The Kier molecular flexibility index (Phi) is 3.78. The second-order valence-electron chi connectivity index (χ2n) is 2.60. The molecule has 0 unspecified atom stereocenters. The molecule has 2 nitrogen and oxygen atoms in total. The van der Waals surface area contributed by atoms with Gasteiger partial charge < -0.3 is 4.74 Å². The van der Waals surface area contributed by atoms with E-state index >= 15 is 0 Å². The number of nitrogens with zero attached hydrogens (tertiary/aromatic N) is 1. The quantitative estimate of drug-likeness (QED) is 0.813. The first kappa shape index (κ1) is 10.1. The summed E-state index contributed by atoms with van der Waals surface area (Å²) in [5.74, 6) is 0.652. The van der Waals surface area contributed by atoms with Crippen LogP contribution in [0.3, 0.4) is 0 Å². The van der Waals surface area contributed by atoms with Gasteiger partial charge in [0.25, 0.3) is 0 Å². The van der Waals surface area contributed by atoms with Crippen LogP contribution in [0, 0.1) is 11.3 Å².